The molecule has 1 aromatic carbocycles. The number of likely N-dealkylation sites (N-methyl/N-ethyl adjacent to an activating group) is 1. The number of benzene rings is 1. The van der Waals surface area contributed by atoms with Crippen molar-refractivity contribution in [2.75, 3.05) is 6.54 Å². The minimum atomic E-state index is 0.359. The van der Waals surface area contributed by atoms with E-state index in [0.29, 0.717) is 6.04 Å². The molecule has 18 heavy (non-hydrogen) atoms. The molecule has 96 valence electrons. The van der Waals surface area contributed by atoms with Gasteiger partial charge in [-0.05, 0) is 53.8 Å². The zero-order valence-corrected chi connectivity index (χ0v) is 13.6. The van der Waals surface area contributed by atoms with Crippen LogP contribution in [0.5, 0.6) is 0 Å². The highest BCUT2D eigenvalue weighted by molar-refractivity contribution is 14.1. The van der Waals surface area contributed by atoms with E-state index < -0.39 is 0 Å². The number of aromatic nitrogens is 1. The topological polar surface area (TPSA) is 24.9 Å². The number of rotatable bonds is 5. The first-order chi connectivity index (χ1) is 8.69. The van der Waals surface area contributed by atoms with Gasteiger partial charge in [0.2, 0.25) is 0 Å². The Hall–Kier alpha value is -0.460. The third-order valence-electron chi connectivity index (χ3n) is 2.77. The lowest BCUT2D eigenvalue weighted by molar-refractivity contribution is 0.548. The van der Waals surface area contributed by atoms with Gasteiger partial charge in [-0.3, -0.25) is 0 Å². The Balaban J connectivity index is 2.14. The standard InChI is InChI=1S/C14H17IN2S/c1-3-16-13(8-14-17-10(2)9-18-14)11-4-6-12(15)7-5-11/h4-7,9,13,16H,3,8H2,1-2H3. The van der Waals surface area contributed by atoms with E-state index in [1.54, 1.807) is 11.3 Å². The summed E-state index contributed by atoms with van der Waals surface area (Å²) in [6.07, 6.45) is 0.965. The van der Waals surface area contributed by atoms with Crippen molar-refractivity contribution in [3.63, 3.8) is 0 Å². The fourth-order valence-electron chi connectivity index (χ4n) is 1.92. The van der Waals surface area contributed by atoms with Crippen LogP contribution in [-0.2, 0) is 6.42 Å². The highest BCUT2D eigenvalue weighted by Gasteiger charge is 2.12. The number of aryl methyl sites for hydroxylation is 1. The molecule has 0 fully saturated rings. The summed E-state index contributed by atoms with van der Waals surface area (Å²) in [4.78, 5) is 4.55. The molecule has 1 unspecified atom stereocenters. The Morgan fingerprint density at radius 3 is 2.61 bits per heavy atom. The Bertz CT molecular complexity index is 493. The SMILES string of the molecule is CCNC(Cc1nc(C)cs1)c1ccc(I)cc1. The van der Waals surface area contributed by atoms with E-state index >= 15 is 0 Å². The third kappa shape index (κ3) is 3.76. The lowest BCUT2D eigenvalue weighted by Crippen LogP contribution is -2.22. The molecule has 0 aliphatic rings. The molecule has 0 aliphatic heterocycles. The molecule has 0 aliphatic carbocycles. The lowest BCUT2D eigenvalue weighted by Gasteiger charge is -2.17. The number of thiazole rings is 1. The van der Waals surface area contributed by atoms with Crippen LogP contribution in [0.15, 0.2) is 29.6 Å². The molecular formula is C14H17IN2S. The zero-order chi connectivity index (χ0) is 13.0. The van der Waals surface area contributed by atoms with Crippen molar-refractivity contribution in [1.82, 2.24) is 10.3 Å². The van der Waals surface area contributed by atoms with E-state index in [4.69, 9.17) is 0 Å². The van der Waals surface area contributed by atoms with Gasteiger partial charge in [-0.25, -0.2) is 4.98 Å². The van der Waals surface area contributed by atoms with E-state index in [0.717, 1.165) is 18.7 Å². The molecule has 1 atom stereocenters. The quantitative estimate of drug-likeness (QED) is 0.804. The summed E-state index contributed by atoms with van der Waals surface area (Å²) >= 11 is 4.09. The predicted molar refractivity (Wildman–Crippen MR) is 86.1 cm³/mol. The lowest BCUT2D eigenvalue weighted by atomic mass is 10.0. The average Bonchev–Trinajstić information content (AvgIpc) is 2.75. The minimum absolute atomic E-state index is 0.359. The van der Waals surface area contributed by atoms with Gasteiger partial charge >= 0.3 is 0 Å². The average molecular weight is 372 g/mol. The van der Waals surface area contributed by atoms with Crippen molar-refractivity contribution < 1.29 is 0 Å². The zero-order valence-electron chi connectivity index (χ0n) is 10.6. The van der Waals surface area contributed by atoms with Crippen molar-refractivity contribution >= 4 is 33.9 Å². The second-order valence-electron chi connectivity index (χ2n) is 4.25. The largest absolute Gasteiger partial charge is 0.310 e. The molecule has 1 heterocycles. The number of hydrogen-bond acceptors (Lipinski definition) is 3. The van der Waals surface area contributed by atoms with Crippen molar-refractivity contribution in [1.29, 1.82) is 0 Å². The number of hydrogen-bond donors (Lipinski definition) is 1. The second kappa shape index (κ2) is 6.63. The first kappa shape index (κ1) is 14.0. The van der Waals surface area contributed by atoms with Gasteiger partial charge in [-0.15, -0.1) is 11.3 Å². The fraction of sp³-hybridized carbons (Fsp3) is 0.357. The fourth-order valence-corrected chi connectivity index (χ4v) is 3.10. The molecule has 0 saturated heterocycles. The molecule has 2 rings (SSSR count). The second-order valence-corrected chi connectivity index (χ2v) is 6.44. The Kier molecular flexibility index (Phi) is 5.14. The van der Waals surface area contributed by atoms with Gasteiger partial charge in [0.05, 0.1) is 5.01 Å². The summed E-state index contributed by atoms with van der Waals surface area (Å²) in [5, 5.41) is 6.86. The molecule has 1 N–H and O–H groups in total. The molecule has 0 radical (unpaired) electrons. The molecule has 1 aromatic heterocycles. The van der Waals surface area contributed by atoms with Crippen LogP contribution in [0.1, 0.15) is 29.2 Å². The summed E-state index contributed by atoms with van der Waals surface area (Å²) in [6, 6.07) is 9.09. The summed E-state index contributed by atoms with van der Waals surface area (Å²) in [6.45, 7) is 5.17. The van der Waals surface area contributed by atoms with Crippen LogP contribution < -0.4 is 5.32 Å². The summed E-state index contributed by atoms with van der Waals surface area (Å²) < 4.78 is 1.27. The van der Waals surface area contributed by atoms with E-state index in [2.05, 4.69) is 69.5 Å². The van der Waals surface area contributed by atoms with E-state index in [1.165, 1.54) is 14.1 Å². The summed E-state index contributed by atoms with van der Waals surface area (Å²) in [5.41, 5.74) is 2.46. The first-order valence-electron chi connectivity index (χ1n) is 6.09. The van der Waals surface area contributed by atoms with Crippen molar-refractivity contribution in [3.8, 4) is 0 Å². The van der Waals surface area contributed by atoms with Gasteiger partial charge in [0.1, 0.15) is 0 Å². The monoisotopic (exact) mass is 372 g/mol. The van der Waals surface area contributed by atoms with Gasteiger partial charge < -0.3 is 5.32 Å². The molecule has 2 nitrogen and oxygen atoms in total. The van der Waals surface area contributed by atoms with Crippen LogP contribution in [0.3, 0.4) is 0 Å². The molecule has 0 saturated carbocycles. The molecule has 0 bridgehead atoms. The van der Waals surface area contributed by atoms with Crippen molar-refractivity contribution in [2.24, 2.45) is 0 Å². The maximum Gasteiger partial charge on any atom is 0.0947 e. The third-order valence-corrected chi connectivity index (χ3v) is 4.48. The van der Waals surface area contributed by atoms with Crippen molar-refractivity contribution in [3.05, 3.63) is 49.5 Å². The number of halogens is 1. The smallest absolute Gasteiger partial charge is 0.0947 e. The van der Waals surface area contributed by atoms with Gasteiger partial charge in [0.15, 0.2) is 0 Å². The predicted octanol–water partition coefficient (Wildman–Crippen LogP) is 3.95. The van der Waals surface area contributed by atoms with Crippen LogP contribution in [0.4, 0.5) is 0 Å². The molecular weight excluding hydrogens is 355 g/mol. The number of nitrogens with zero attached hydrogens (tertiary/aromatic N) is 1. The molecule has 4 heteroatoms. The summed E-state index contributed by atoms with van der Waals surface area (Å²) in [5.74, 6) is 0. The normalized spacial score (nSPS) is 12.6. The molecule has 0 amide bonds. The van der Waals surface area contributed by atoms with Crippen molar-refractivity contribution in [2.45, 2.75) is 26.3 Å². The van der Waals surface area contributed by atoms with Crippen LogP contribution in [-0.4, -0.2) is 11.5 Å². The van der Waals surface area contributed by atoms with Crippen LogP contribution >= 0.6 is 33.9 Å². The van der Waals surface area contributed by atoms with Gasteiger partial charge in [0.25, 0.3) is 0 Å². The highest BCUT2D eigenvalue weighted by Crippen LogP contribution is 2.21. The van der Waals surface area contributed by atoms with Gasteiger partial charge in [0, 0.05) is 27.1 Å². The van der Waals surface area contributed by atoms with E-state index in [-0.39, 0.29) is 0 Å². The van der Waals surface area contributed by atoms with E-state index in [1.807, 2.05) is 6.92 Å². The summed E-state index contributed by atoms with van der Waals surface area (Å²) in [7, 11) is 0. The maximum absolute atomic E-state index is 4.55. The molecule has 0 spiro atoms. The first-order valence-corrected chi connectivity index (χ1v) is 8.04. The minimum Gasteiger partial charge on any atom is -0.310 e. The maximum atomic E-state index is 4.55. The Morgan fingerprint density at radius 2 is 2.06 bits per heavy atom. The molecule has 2 aromatic rings. The number of nitrogens with one attached hydrogen (secondary N) is 1. The highest BCUT2D eigenvalue weighted by atomic mass is 127. The Morgan fingerprint density at radius 1 is 1.33 bits per heavy atom. The Labute approximate surface area is 126 Å². The van der Waals surface area contributed by atoms with E-state index in [9.17, 15) is 0 Å². The van der Waals surface area contributed by atoms with Crippen LogP contribution in [0, 0.1) is 10.5 Å². The van der Waals surface area contributed by atoms with Crippen LogP contribution in [0.25, 0.3) is 0 Å². The van der Waals surface area contributed by atoms with Gasteiger partial charge in [-0.2, -0.15) is 0 Å². The van der Waals surface area contributed by atoms with Gasteiger partial charge in [-0.1, -0.05) is 19.1 Å². The van der Waals surface area contributed by atoms with Crippen LogP contribution in [0.2, 0.25) is 0 Å².